The number of nitrogens with one attached hydrogen (secondary N) is 1. The van der Waals surface area contributed by atoms with E-state index >= 15 is 0 Å². The van der Waals surface area contributed by atoms with Crippen LogP contribution in [0.1, 0.15) is 80.1 Å². The number of amides is 2. The molecular formula is C28H36N2O2. The molecule has 1 N–H and O–H groups in total. The highest BCUT2D eigenvalue weighted by atomic mass is 16.2. The summed E-state index contributed by atoms with van der Waals surface area (Å²) >= 11 is 0. The van der Waals surface area contributed by atoms with Crippen molar-refractivity contribution in [2.75, 3.05) is 0 Å². The van der Waals surface area contributed by atoms with Gasteiger partial charge in [0.1, 0.15) is 6.04 Å². The van der Waals surface area contributed by atoms with Crippen molar-refractivity contribution in [1.82, 2.24) is 10.2 Å². The van der Waals surface area contributed by atoms with Crippen LogP contribution >= 0.6 is 0 Å². The second-order valence-electron chi connectivity index (χ2n) is 9.47. The predicted molar refractivity (Wildman–Crippen MR) is 128 cm³/mol. The van der Waals surface area contributed by atoms with Gasteiger partial charge in [0, 0.05) is 18.2 Å². The smallest absolute Gasteiger partial charge is 0.254 e. The minimum Gasteiger partial charge on any atom is -0.352 e. The molecule has 1 unspecified atom stereocenters. The average Bonchev–Trinajstić information content (AvgIpc) is 2.86. The molecule has 2 fully saturated rings. The molecule has 32 heavy (non-hydrogen) atoms. The molecule has 2 aromatic carbocycles. The number of carbonyl (C=O) groups excluding carboxylic acids is 2. The van der Waals surface area contributed by atoms with Crippen LogP contribution in [0.3, 0.4) is 0 Å². The van der Waals surface area contributed by atoms with Gasteiger partial charge in [0.2, 0.25) is 5.91 Å². The van der Waals surface area contributed by atoms with Crippen LogP contribution < -0.4 is 5.32 Å². The number of hydrogen-bond acceptors (Lipinski definition) is 2. The second-order valence-corrected chi connectivity index (χ2v) is 9.47. The predicted octanol–water partition coefficient (Wildman–Crippen LogP) is 5.73. The van der Waals surface area contributed by atoms with Crippen molar-refractivity contribution in [3.05, 3.63) is 71.8 Å². The standard InChI is InChI=1S/C28H36N2O2/c31-27(29-25-19-11-4-12-20-25)26(23-15-7-2-8-16-23)30(21-22-13-5-1-6-14-22)28(32)24-17-9-3-10-18-24/h1,3,5-6,9-10,13-14,17-18,23,25-26H,2,4,7-8,11-12,15-16,19-21H2,(H,29,31). The summed E-state index contributed by atoms with van der Waals surface area (Å²) in [7, 11) is 0. The summed E-state index contributed by atoms with van der Waals surface area (Å²) in [5.74, 6) is 0.205. The van der Waals surface area contributed by atoms with Gasteiger partial charge in [-0.15, -0.1) is 0 Å². The molecule has 2 saturated carbocycles. The van der Waals surface area contributed by atoms with Crippen LogP contribution in [0.5, 0.6) is 0 Å². The van der Waals surface area contributed by atoms with Crippen molar-refractivity contribution in [2.24, 2.45) is 5.92 Å². The van der Waals surface area contributed by atoms with Gasteiger partial charge in [0.25, 0.3) is 5.91 Å². The largest absolute Gasteiger partial charge is 0.352 e. The van der Waals surface area contributed by atoms with Crippen molar-refractivity contribution >= 4 is 11.8 Å². The summed E-state index contributed by atoms with van der Waals surface area (Å²) in [6, 6.07) is 19.3. The zero-order valence-electron chi connectivity index (χ0n) is 19.0. The zero-order valence-corrected chi connectivity index (χ0v) is 19.0. The van der Waals surface area contributed by atoms with Gasteiger partial charge in [-0.1, -0.05) is 87.1 Å². The minimum atomic E-state index is -0.426. The lowest BCUT2D eigenvalue weighted by molar-refractivity contribution is -0.129. The highest BCUT2D eigenvalue weighted by Crippen LogP contribution is 2.31. The Morgan fingerprint density at radius 1 is 0.781 bits per heavy atom. The number of rotatable bonds is 7. The first-order valence-electron chi connectivity index (χ1n) is 12.4. The van der Waals surface area contributed by atoms with E-state index in [0.29, 0.717) is 12.1 Å². The summed E-state index contributed by atoms with van der Waals surface area (Å²) in [4.78, 5) is 29.4. The Kier molecular flexibility index (Phi) is 7.97. The molecule has 0 aliphatic heterocycles. The van der Waals surface area contributed by atoms with E-state index in [4.69, 9.17) is 0 Å². The molecule has 2 amide bonds. The van der Waals surface area contributed by atoms with Gasteiger partial charge >= 0.3 is 0 Å². The number of nitrogens with zero attached hydrogens (tertiary/aromatic N) is 1. The van der Waals surface area contributed by atoms with E-state index in [2.05, 4.69) is 5.32 Å². The first-order valence-corrected chi connectivity index (χ1v) is 12.4. The van der Waals surface area contributed by atoms with Crippen molar-refractivity contribution in [3.63, 3.8) is 0 Å². The molecule has 2 aliphatic carbocycles. The van der Waals surface area contributed by atoms with Crippen molar-refractivity contribution < 1.29 is 9.59 Å². The fraction of sp³-hybridized carbons (Fsp3) is 0.500. The highest BCUT2D eigenvalue weighted by Gasteiger charge is 2.38. The molecule has 0 heterocycles. The Bertz CT molecular complexity index is 856. The maximum Gasteiger partial charge on any atom is 0.254 e. The molecule has 0 saturated heterocycles. The molecule has 2 aliphatic rings. The molecule has 4 nitrogen and oxygen atoms in total. The van der Waals surface area contributed by atoms with Crippen LogP contribution in [0.4, 0.5) is 0 Å². The Morgan fingerprint density at radius 2 is 1.34 bits per heavy atom. The summed E-state index contributed by atoms with van der Waals surface area (Å²) in [5.41, 5.74) is 1.71. The SMILES string of the molecule is O=C(NC1CCCCC1)C(C1CCCCC1)N(Cc1ccccc1)C(=O)c1ccccc1. The number of hydrogen-bond donors (Lipinski definition) is 1. The summed E-state index contributed by atoms with van der Waals surface area (Å²) in [6.45, 7) is 0.452. The van der Waals surface area contributed by atoms with Gasteiger partial charge in [0.05, 0.1) is 0 Å². The molecule has 2 aromatic rings. The highest BCUT2D eigenvalue weighted by molar-refractivity contribution is 5.97. The van der Waals surface area contributed by atoms with E-state index in [0.717, 1.165) is 44.1 Å². The van der Waals surface area contributed by atoms with Crippen molar-refractivity contribution in [2.45, 2.75) is 82.8 Å². The lowest BCUT2D eigenvalue weighted by atomic mass is 9.82. The Labute approximate surface area is 192 Å². The van der Waals surface area contributed by atoms with Gasteiger partial charge in [-0.2, -0.15) is 0 Å². The van der Waals surface area contributed by atoms with Gasteiger partial charge in [-0.3, -0.25) is 9.59 Å². The third kappa shape index (κ3) is 5.79. The lowest BCUT2D eigenvalue weighted by Gasteiger charge is -2.39. The minimum absolute atomic E-state index is 0.0454. The van der Waals surface area contributed by atoms with Crippen LogP contribution in [0, 0.1) is 5.92 Å². The Balaban J connectivity index is 1.65. The van der Waals surface area contributed by atoms with Crippen LogP contribution in [0.25, 0.3) is 0 Å². The summed E-state index contributed by atoms with van der Waals surface area (Å²) < 4.78 is 0. The van der Waals surface area contributed by atoms with Gasteiger partial charge in [-0.05, 0) is 49.3 Å². The Morgan fingerprint density at radius 3 is 1.97 bits per heavy atom. The average molecular weight is 433 g/mol. The fourth-order valence-electron chi connectivity index (χ4n) is 5.42. The maximum atomic E-state index is 13.8. The van der Waals surface area contributed by atoms with E-state index in [1.54, 1.807) is 0 Å². The third-order valence-corrected chi connectivity index (χ3v) is 7.13. The van der Waals surface area contributed by atoms with Crippen LogP contribution in [0.2, 0.25) is 0 Å². The van der Waals surface area contributed by atoms with E-state index in [1.807, 2.05) is 65.6 Å². The quantitative estimate of drug-likeness (QED) is 0.608. The number of benzene rings is 2. The Hall–Kier alpha value is -2.62. The molecule has 170 valence electrons. The van der Waals surface area contributed by atoms with E-state index in [9.17, 15) is 9.59 Å². The van der Waals surface area contributed by atoms with Gasteiger partial charge < -0.3 is 10.2 Å². The molecule has 0 bridgehead atoms. The van der Waals surface area contributed by atoms with Crippen LogP contribution in [0.15, 0.2) is 60.7 Å². The van der Waals surface area contributed by atoms with Crippen LogP contribution in [-0.4, -0.2) is 28.8 Å². The molecule has 0 radical (unpaired) electrons. The maximum absolute atomic E-state index is 13.8. The first kappa shape index (κ1) is 22.6. The van der Waals surface area contributed by atoms with E-state index in [-0.39, 0.29) is 23.8 Å². The van der Waals surface area contributed by atoms with Crippen LogP contribution in [-0.2, 0) is 11.3 Å². The van der Waals surface area contributed by atoms with Gasteiger partial charge in [0.15, 0.2) is 0 Å². The molecule has 1 atom stereocenters. The van der Waals surface area contributed by atoms with Crippen molar-refractivity contribution in [3.8, 4) is 0 Å². The molecule has 0 spiro atoms. The van der Waals surface area contributed by atoms with E-state index < -0.39 is 6.04 Å². The summed E-state index contributed by atoms with van der Waals surface area (Å²) in [6.07, 6.45) is 11.2. The normalized spacial score (nSPS) is 18.6. The second kappa shape index (κ2) is 11.3. The number of carbonyl (C=O) groups is 2. The summed E-state index contributed by atoms with van der Waals surface area (Å²) in [5, 5.41) is 3.36. The fourth-order valence-corrected chi connectivity index (χ4v) is 5.42. The molecule has 4 heteroatoms. The zero-order chi connectivity index (χ0) is 22.2. The third-order valence-electron chi connectivity index (χ3n) is 7.13. The van der Waals surface area contributed by atoms with Crippen molar-refractivity contribution in [1.29, 1.82) is 0 Å². The van der Waals surface area contributed by atoms with Gasteiger partial charge in [-0.25, -0.2) is 0 Å². The van der Waals surface area contributed by atoms with E-state index in [1.165, 1.54) is 25.7 Å². The molecular weight excluding hydrogens is 396 g/mol. The lowest BCUT2D eigenvalue weighted by Crippen LogP contribution is -2.55. The molecule has 4 rings (SSSR count). The first-order chi connectivity index (χ1) is 15.7. The monoisotopic (exact) mass is 432 g/mol. The topological polar surface area (TPSA) is 49.4 Å². The molecule has 0 aromatic heterocycles.